The molecule has 7 nitrogen and oxygen atoms in total. The Morgan fingerprint density at radius 3 is 2.34 bits per heavy atom. The van der Waals surface area contributed by atoms with E-state index in [2.05, 4.69) is 37.3 Å². The molecule has 0 radical (unpaired) electrons. The van der Waals surface area contributed by atoms with Crippen LogP contribution in [0.3, 0.4) is 0 Å². The van der Waals surface area contributed by atoms with E-state index in [0.717, 1.165) is 44.6 Å². The standard InChI is InChI=1S/C17H28N4O.C2HF3O2/c1-12(2)21-15-8-10-19(4)11-14(15)18-16(21)17(22)20-9-6-5-7-13(20)3;3-2(4,5)1(6)7/h12-13H,5-11H2,1-4H3;(H,6,7). The van der Waals surface area contributed by atoms with Crippen LogP contribution in [0.2, 0.25) is 0 Å². The molecule has 1 saturated heterocycles. The quantitative estimate of drug-likeness (QED) is 0.799. The molecule has 1 fully saturated rings. The molecule has 3 heterocycles. The fourth-order valence-corrected chi connectivity index (χ4v) is 3.77. The summed E-state index contributed by atoms with van der Waals surface area (Å²) in [6.07, 6.45) is -0.651. The SMILES string of the molecule is CC1CCCCN1C(=O)c1nc2c(n1C(C)C)CCN(C)C2.O=C(O)C(F)(F)F. The van der Waals surface area contributed by atoms with Gasteiger partial charge in [0.2, 0.25) is 0 Å². The number of nitrogens with zero attached hydrogens (tertiary/aromatic N) is 4. The van der Waals surface area contributed by atoms with Gasteiger partial charge in [-0.05, 0) is 47.1 Å². The molecule has 3 rings (SSSR count). The topological polar surface area (TPSA) is 78.7 Å². The summed E-state index contributed by atoms with van der Waals surface area (Å²) in [5, 5.41) is 7.12. The van der Waals surface area contributed by atoms with Crippen LogP contribution in [0.5, 0.6) is 0 Å². The summed E-state index contributed by atoms with van der Waals surface area (Å²) in [6.45, 7) is 9.22. The van der Waals surface area contributed by atoms with Gasteiger partial charge in [-0.15, -0.1) is 0 Å². The maximum atomic E-state index is 13.1. The Kier molecular flexibility index (Phi) is 7.31. The molecule has 1 aromatic heterocycles. The van der Waals surface area contributed by atoms with Crippen molar-refractivity contribution in [1.29, 1.82) is 0 Å². The van der Waals surface area contributed by atoms with Gasteiger partial charge in [0.05, 0.1) is 5.69 Å². The molecule has 1 unspecified atom stereocenters. The van der Waals surface area contributed by atoms with E-state index in [1.165, 1.54) is 12.1 Å². The van der Waals surface area contributed by atoms with Crippen molar-refractivity contribution < 1.29 is 27.9 Å². The molecule has 1 amide bonds. The van der Waals surface area contributed by atoms with Gasteiger partial charge in [-0.2, -0.15) is 13.2 Å². The number of piperidine rings is 1. The second kappa shape index (κ2) is 9.15. The van der Waals surface area contributed by atoms with Crippen molar-refractivity contribution in [3.63, 3.8) is 0 Å². The summed E-state index contributed by atoms with van der Waals surface area (Å²) in [7, 11) is 2.12. The Labute approximate surface area is 168 Å². The first kappa shape index (κ1) is 23.2. The smallest absolute Gasteiger partial charge is 0.475 e. The monoisotopic (exact) mass is 418 g/mol. The molecule has 0 bridgehead atoms. The van der Waals surface area contributed by atoms with Gasteiger partial charge in [-0.3, -0.25) is 4.79 Å². The second-order valence-corrected chi connectivity index (χ2v) is 7.93. The van der Waals surface area contributed by atoms with Gasteiger partial charge in [-0.25, -0.2) is 9.78 Å². The van der Waals surface area contributed by atoms with Gasteiger partial charge >= 0.3 is 12.1 Å². The number of carboxylic acids is 1. The number of carboxylic acid groups (broad SMARTS) is 1. The lowest BCUT2D eigenvalue weighted by atomic mass is 10.0. The number of aliphatic carboxylic acids is 1. The highest BCUT2D eigenvalue weighted by molar-refractivity contribution is 5.91. The van der Waals surface area contributed by atoms with Crippen molar-refractivity contribution in [2.45, 2.75) is 71.3 Å². The normalized spacial score (nSPS) is 20.1. The maximum absolute atomic E-state index is 13.1. The van der Waals surface area contributed by atoms with E-state index in [-0.39, 0.29) is 11.9 Å². The highest BCUT2D eigenvalue weighted by atomic mass is 19.4. The fourth-order valence-electron chi connectivity index (χ4n) is 3.77. The van der Waals surface area contributed by atoms with Gasteiger partial charge in [0.1, 0.15) is 0 Å². The molecule has 0 saturated carbocycles. The summed E-state index contributed by atoms with van der Waals surface area (Å²) in [6, 6.07) is 0.608. The zero-order valence-corrected chi connectivity index (χ0v) is 17.3. The first-order chi connectivity index (χ1) is 13.4. The zero-order valence-electron chi connectivity index (χ0n) is 17.3. The molecule has 0 aromatic carbocycles. The van der Waals surface area contributed by atoms with Crippen molar-refractivity contribution in [3.05, 3.63) is 17.2 Å². The minimum atomic E-state index is -5.08. The molecule has 2 aliphatic heterocycles. The number of likely N-dealkylation sites (N-methyl/N-ethyl adjacent to an activating group) is 1. The van der Waals surface area contributed by atoms with Crippen LogP contribution in [-0.2, 0) is 17.8 Å². The first-order valence-corrected chi connectivity index (χ1v) is 9.83. The predicted octanol–water partition coefficient (Wildman–Crippen LogP) is 3.10. The van der Waals surface area contributed by atoms with Crippen molar-refractivity contribution in [2.24, 2.45) is 0 Å². The molecule has 29 heavy (non-hydrogen) atoms. The highest BCUT2D eigenvalue weighted by Gasteiger charge is 2.38. The summed E-state index contributed by atoms with van der Waals surface area (Å²) < 4.78 is 33.9. The lowest BCUT2D eigenvalue weighted by Gasteiger charge is -2.33. The number of rotatable bonds is 2. The molecule has 1 aromatic rings. The predicted molar refractivity (Wildman–Crippen MR) is 101 cm³/mol. The number of hydrogen-bond donors (Lipinski definition) is 1. The van der Waals surface area contributed by atoms with Gasteiger partial charge in [-0.1, -0.05) is 0 Å². The average Bonchev–Trinajstić information content (AvgIpc) is 3.00. The molecular formula is C19H29F3N4O3. The van der Waals surface area contributed by atoms with Crippen molar-refractivity contribution in [2.75, 3.05) is 20.1 Å². The van der Waals surface area contributed by atoms with E-state index in [1.54, 1.807) is 0 Å². The Morgan fingerprint density at radius 1 is 1.21 bits per heavy atom. The third-order valence-corrected chi connectivity index (χ3v) is 5.26. The van der Waals surface area contributed by atoms with Gasteiger partial charge in [0, 0.05) is 43.8 Å². The van der Waals surface area contributed by atoms with Crippen molar-refractivity contribution >= 4 is 11.9 Å². The van der Waals surface area contributed by atoms with Crippen LogP contribution in [0, 0.1) is 0 Å². The van der Waals surface area contributed by atoms with Crippen LogP contribution in [-0.4, -0.2) is 68.7 Å². The van der Waals surface area contributed by atoms with E-state index in [0.29, 0.717) is 11.9 Å². The third kappa shape index (κ3) is 5.49. The number of carbonyl (C=O) groups excluding carboxylic acids is 1. The third-order valence-electron chi connectivity index (χ3n) is 5.26. The molecule has 0 aliphatic carbocycles. The summed E-state index contributed by atoms with van der Waals surface area (Å²) >= 11 is 0. The van der Waals surface area contributed by atoms with Crippen LogP contribution < -0.4 is 0 Å². The van der Waals surface area contributed by atoms with Crippen LogP contribution in [0.15, 0.2) is 0 Å². The number of carbonyl (C=O) groups is 2. The van der Waals surface area contributed by atoms with Crippen molar-refractivity contribution in [1.82, 2.24) is 19.4 Å². The Bertz CT molecular complexity index is 746. The van der Waals surface area contributed by atoms with E-state index in [4.69, 9.17) is 14.9 Å². The van der Waals surface area contributed by atoms with E-state index >= 15 is 0 Å². The number of halogens is 3. The Balaban J connectivity index is 0.000000370. The number of likely N-dealkylation sites (tertiary alicyclic amines) is 1. The van der Waals surface area contributed by atoms with Gasteiger partial charge < -0.3 is 19.5 Å². The van der Waals surface area contributed by atoms with Gasteiger partial charge in [0.25, 0.3) is 5.91 Å². The molecule has 2 aliphatic rings. The minimum Gasteiger partial charge on any atom is -0.475 e. The number of hydrogen-bond acceptors (Lipinski definition) is 4. The first-order valence-electron chi connectivity index (χ1n) is 9.83. The maximum Gasteiger partial charge on any atom is 0.490 e. The summed E-state index contributed by atoms with van der Waals surface area (Å²) in [5.41, 5.74) is 2.36. The molecule has 10 heteroatoms. The molecule has 1 atom stereocenters. The second-order valence-electron chi connectivity index (χ2n) is 7.93. The number of amides is 1. The molecular weight excluding hydrogens is 389 g/mol. The Hall–Kier alpha value is -2.10. The van der Waals surface area contributed by atoms with Crippen LogP contribution in [0.1, 0.15) is 68.1 Å². The van der Waals surface area contributed by atoms with Crippen LogP contribution in [0.4, 0.5) is 13.2 Å². The zero-order chi connectivity index (χ0) is 21.9. The van der Waals surface area contributed by atoms with E-state index in [9.17, 15) is 18.0 Å². The van der Waals surface area contributed by atoms with Crippen molar-refractivity contribution in [3.8, 4) is 0 Å². The number of fused-ring (bicyclic) bond motifs is 1. The molecule has 0 spiro atoms. The lowest BCUT2D eigenvalue weighted by Crippen LogP contribution is -2.43. The molecule has 164 valence electrons. The highest BCUT2D eigenvalue weighted by Crippen LogP contribution is 2.26. The van der Waals surface area contributed by atoms with Crippen LogP contribution in [0.25, 0.3) is 0 Å². The lowest BCUT2D eigenvalue weighted by molar-refractivity contribution is -0.192. The largest absolute Gasteiger partial charge is 0.490 e. The summed E-state index contributed by atoms with van der Waals surface area (Å²) in [5.74, 6) is -1.98. The van der Waals surface area contributed by atoms with Gasteiger partial charge in [0.15, 0.2) is 5.82 Å². The summed E-state index contributed by atoms with van der Waals surface area (Å²) in [4.78, 5) is 31.0. The fraction of sp³-hybridized carbons (Fsp3) is 0.737. The number of aromatic nitrogens is 2. The van der Waals surface area contributed by atoms with Crippen LogP contribution >= 0.6 is 0 Å². The minimum absolute atomic E-state index is 0.123. The van der Waals surface area contributed by atoms with E-state index < -0.39 is 12.1 Å². The van der Waals surface area contributed by atoms with E-state index in [1.807, 2.05) is 4.90 Å². The number of imidazole rings is 1. The molecule has 1 N–H and O–H groups in total. The number of alkyl halides is 3. The average molecular weight is 418 g/mol. The Morgan fingerprint density at radius 2 is 1.83 bits per heavy atom.